The summed E-state index contributed by atoms with van der Waals surface area (Å²) in [5.74, 6) is 0.481. The monoisotopic (exact) mass is 518 g/mol. The normalized spacial score (nSPS) is 17.1. The van der Waals surface area contributed by atoms with Crippen LogP contribution in [0.5, 0.6) is 5.88 Å². The number of aliphatic imine (C=N–C) groups is 1. The molecule has 1 aliphatic rings. The average Bonchev–Trinajstić information content (AvgIpc) is 3.16. The van der Waals surface area contributed by atoms with Crippen molar-refractivity contribution in [2.24, 2.45) is 4.99 Å². The van der Waals surface area contributed by atoms with Crippen molar-refractivity contribution in [1.29, 1.82) is 0 Å². The maximum Gasteiger partial charge on any atom is 0.422 e. The molecule has 11 heteroatoms. The van der Waals surface area contributed by atoms with Gasteiger partial charge in [0, 0.05) is 45.1 Å². The Hall–Kier alpha value is -1.34. The lowest BCUT2D eigenvalue weighted by Gasteiger charge is -2.15. The summed E-state index contributed by atoms with van der Waals surface area (Å²) in [4.78, 5) is 7.95. The van der Waals surface area contributed by atoms with Gasteiger partial charge in [-0.05, 0) is 18.9 Å². The van der Waals surface area contributed by atoms with Crippen LogP contribution in [-0.4, -0.2) is 63.2 Å². The van der Waals surface area contributed by atoms with Crippen LogP contribution in [0.2, 0.25) is 0 Å². The Morgan fingerprint density at radius 1 is 1.39 bits per heavy atom. The van der Waals surface area contributed by atoms with Crippen molar-refractivity contribution in [1.82, 2.24) is 15.6 Å². The Bertz CT molecular complexity index is 599. The lowest BCUT2D eigenvalue weighted by molar-refractivity contribution is -0.154. The summed E-state index contributed by atoms with van der Waals surface area (Å²) in [5, 5.41) is 6.16. The molecule has 0 bridgehead atoms. The minimum absolute atomic E-state index is 0. The SMILES string of the molecule is CN=C(NCCCOC1CCOC1)NCc1cccnc1OCC(F)(F)F.I. The minimum Gasteiger partial charge on any atom is -0.468 e. The zero-order valence-corrected chi connectivity index (χ0v) is 18.0. The molecule has 0 spiro atoms. The summed E-state index contributed by atoms with van der Waals surface area (Å²) in [6, 6.07) is 3.29. The van der Waals surface area contributed by atoms with Crippen molar-refractivity contribution in [2.75, 3.05) is 40.0 Å². The highest BCUT2D eigenvalue weighted by Gasteiger charge is 2.29. The molecule has 2 heterocycles. The first-order chi connectivity index (χ1) is 13.0. The number of hydrogen-bond acceptors (Lipinski definition) is 5. The second-order valence-corrected chi connectivity index (χ2v) is 5.93. The maximum absolute atomic E-state index is 12.3. The van der Waals surface area contributed by atoms with Gasteiger partial charge in [0.1, 0.15) is 0 Å². The number of pyridine rings is 1. The molecule has 1 aliphatic heterocycles. The summed E-state index contributed by atoms with van der Waals surface area (Å²) in [6.07, 6.45) is -1.11. The molecule has 0 aliphatic carbocycles. The lowest BCUT2D eigenvalue weighted by atomic mass is 10.2. The Labute approximate surface area is 179 Å². The van der Waals surface area contributed by atoms with Crippen molar-refractivity contribution < 1.29 is 27.4 Å². The average molecular weight is 518 g/mol. The highest BCUT2D eigenvalue weighted by Crippen LogP contribution is 2.19. The van der Waals surface area contributed by atoms with Gasteiger partial charge in [-0.1, -0.05) is 6.07 Å². The van der Waals surface area contributed by atoms with E-state index in [9.17, 15) is 13.2 Å². The van der Waals surface area contributed by atoms with Gasteiger partial charge in [-0.25, -0.2) is 4.98 Å². The molecule has 1 unspecified atom stereocenters. The number of halogens is 4. The van der Waals surface area contributed by atoms with Crippen molar-refractivity contribution >= 4 is 29.9 Å². The number of guanidine groups is 1. The van der Waals surface area contributed by atoms with Gasteiger partial charge in [0.05, 0.1) is 12.7 Å². The first kappa shape index (κ1) is 24.7. The molecule has 2 rings (SSSR count). The topological polar surface area (TPSA) is 77.0 Å². The van der Waals surface area contributed by atoms with Gasteiger partial charge in [0.15, 0.2) is 12.6 Å². The van der Waals surface area contributed by atoms with E-state index in [1.54, 1.807) is 19.2 Å². The Kier molecular flexibility index (Phi) is 11.5. The number of nitrogens with one attached hydrogen (secondary N) is 2. The van der Waals surface area contributed by atoms with E-state index in [2.05, 4.69) is 20.6 Å². The fourth-order valence-electron chi connectivity index (χ4n) is 2.41. The van der Waals surface area contributed by atoms with Crippen LogP contribution in [0.4, 0.5) is 13.2 Å². The summed E-state index contributed by atoms with van der Waals surface area (Å²) < 4.78 is 52.7. The molecule has 1 atom stereocenters. The van der Waals surface area contributed by atoms with E-state index in [-0.39, 0.29) is 42.5 Å². The quantitative estimate of drug-likeness (QED) is 0.227. The Morgan fingerprint density at radius 2 is 2.21 bits per heavy atom. The van der Waals surface area contributed by atoms with E-state index in [1.807, 2.05) is 0 Å². The third kappa shape index (κ3) is 9.73. The van der Waals surface area contributed by atoms with Crippen LogP contribution in [0.3, 0.4) is 0 Å². The van der Waals surface area contributed by atoms with Gasteiger partial charge in [-0.2, -0.15) is 13.2 Å². The zero-order valence-electron chi connectivity index (χ0n) is 15.6. The third-order valence-corrected chi connectivity index (χ3v) is 3.75. The largest absolute Gasteiger partial charge is 0.468 e. The Morgan fingerprint density at radius 3 is 2.89 bits per heavy atom. The van der Waals surface area contributed by atoms with E-state index in [1.165, 1.54) is 6.20 Å². The molecule has 1 fully saturated rings. The first-order valence-electron chi connectivity index (χ1n) is 8.75. The fraction of sp³-hybridized carbons (Fsp3) is 0.647. The predicted octanol–water partition coefficient (Wildman–Crippen LogP) is 2.50. The summed E-state index contributed by atoms with van der Waals surface area (Å²) in [6.45, 7) is 1.53. The van der Waals surface area contributed by atoms with Crippen molar-refractivity contribution in [3.8, 4) is 5.88 Å². The summed E-state index contributed by atoms with van der Waals surface area (Å²) in [5.41, 5.74) is 0.509. The fourth-order valence-corrected chi connectivity index (χ4v) is 2.41. The summed E-state index contributed by atoms with van der Waals surface area (Å²) in [7, 11) is 1.62. The zero-order chi connectivity index (χ0) is 19.5. The van der Waals surface area contributed by atoms with Crippen molar-refractivity contribution in [3.05, 3.63) is 23.9 Å². The van der Waals surface area contributed by atoms with Crippen molar-refractivity contribution in [3.63, 3.8) is 0 Å². The van der Waals surface area contributed by atoms with Gasteiger partial charge in [-0.3, -0.25) is 4.99 Å². The number of hydrogen-bond donors (Lipinski definition) is 2. The molecule has 2 N–H and O–H groups in total. The van der Waals surface area contributed by atoms with Gasteiger partial charge < -0.3 is 24.8 Å². The standard InChI is InChI=1S/C17H25F3N4O3.HI/c1-21-16(23-7-3-8-26-14-5-9-25-11-14)24-10-13-4-2-6-22-15(13)27-12-17(18,19)20;/h2,4,6,14H,3,5,7-12H2,1H3,(H2,21,23,24);1H. The molecule has 1 saturated heterocycles. The molecular formula is C17H26F3IN4O3. The smallest absolute Gasteiger partial charge is 0.422 e. The molecule has 0 radical (unpaired) electrons. The van der Waals surface area contributed by atoms with Crippen LogP contribution in [0.25, 0.3) is 0 Å². The molecule has 160 valence electrons. The molecular weight excluding hydrogens is 492 g/mol. The third-order valence-electron chi connectivity index (χ3n) is 3.75. The molecule has 1 aromatic rings. The second-order valence-electron chi connectivity index (χ2n) is 5.93. The minimum atomic E-state index is -4.41. The molecule has 0 aromatic carbocycles. The maximum atomic E-state index is 12.3. The van der Waals surface area contributed by atoms with Gasteiger partial charge in [-0.15, -0.1) is 24.0 Å². The van der Waals surface area contributed by atoms with Crippen LogP contribution in [0.1, 0.15) is 18.4 Å². The van der Waals surface area contributed by atoms with Crippen LogP contribution >= 0.6 is 24.0 Å². The lowest BCUT2D eigenvalue weighted by Crippen LogP contribution is -2.37. The van der Waals surface area contributed by atoms with Gasteiger partial charge in [0.25, 0.3) is 0 Å². The molecule has 7 nitrogen and oxygen atoms in total. The van der Waals surface area contributed by atoms with Crippen molar-refractivity contribution in [2.45, 2.75) is 31.7 Å². The molecule has 0 amide bonds. The molecule has 0 saturated carbocycles. The van der Waals surface area contributed by atoms with E-state index in [0.29, 0.717) is 31.3 Å². The van der Waals surface area contributed by atoms with Crippen LogP contribution in [0.15, 0.2) is 23.3 Å². The number of ether oxygens (including phenoxy) is 3. The van der Waals surface area contributed by atoms with Gasteiger partial charge in [0.2, 0.25) is 5.88 Å². The van der Waals surface area contributed by atoms with Crippen LogP contribution in [-0.2, 0) is 16.0 Å². The van der Waals surface area contributed by atoms with E-state index >= 15 is 0 Å². The highest BCUT2D eigenvalue weighted by molar-refractivity contribution is 14.0. The first-order valence-corrected chi connectivity index (χ1v) is 8.75. The Balaban J connectivity index is 0.00000392. The van der Waals surface area contributed by atoms with E-state index in [0.717, 1.165) is 19.4 Å². The second kappa shape index (κ2) is 13.0. The van der Waals surface area contributed by atoms with Crippen LogP contribution in [0, 0.1) is 0 Å². The molecule has 1 aromatic heterocycles. The highest BCUT2D eigenvalue weighted by atomic mass is 127. The number of alkyl halides is 3. The van der Waals surface area contributed by atoms with Crippen LogP contribution < -0.4 is 15.4 Å². The number of nitrogens with zero attached hydrogens (tertiary/aromatic N) is 2. The molecule has 28 heavy (non-hydrogen) atoms. The number of rotatable bonds is 9. The van der Waals surface area contributed by atoms with E-state index in [4.69, 9.17) is 14.2 Å². The number of aromatic nitrogens is 1. The predicted molar refractivity (Wildman–Crippen MR) is 109 cm³/mol. The van der Waals surface area contributed by atoms with E-state index < -0.39 is 12.8 Å². The van der Waals surface area contributed by atoms with Gasteiger partial charge >= 0.3 is 6.18 Å². The summed E-state index contributed by atoms with van der Waals surface area (Å²) >= 11 is 0.